The first-order chi connectivity index (χ1) is 6.81. The van der Waals surface area contributed by atoms with E-state index < -0.39 is 0 Å². The van der Waals surface area contributed by atoms with E-state index in [2.05, 4.69) is 9.84 Å². The zero-order valence-corrected chi connectivity index (χ0v) is 8.02. The SMILES string of the molecule is COC(=O)Cc1cnn2c1OCCC2. The smallest absolute Gasteiger partial charge is 0.310 e. The molecule has 0 radical (unpaired) electrons. The Morgan fingerprint density at radius 1 is 1.79 bits per heavy atom. The Morgan fingerprint density at radius 3 is 3.43 bits per heavy atom. The molecule has 0 atom stereocenters. The Hall–Kier alpha value is -1.52. The van der Waals surface area contributed by atoms with Gasteiger partial charge in [-0.25, -0.2) is 4.68 Å². The third-order valence-corrected chi connectivity index (χ3v) is 2.18. The van der Waals surface area contributed by atoms with Gasteiger partial charge in [-0.1, -0.05) is 0 Å². The lowest BCUT2D eigenvalue weighted by molar-refractivity contribution is -0.139. The van der Waals surface area contributed by atoms with Crippen LogP contribution in [0.25, 0.3) is 0 Å². The summed E-state index contributed by atoms with van der Waals surface area (Å²) in [4.78, 5) is 11.1. The van der Waals surface area contributed by atoms with Crippen molar-refractivity contribution in [1.29, 1.82) is 0 Å². The molecule has 76 valence electrons. The molecule has 1 aliphatic heterocycles. The summed E-state index contributed by atoms with van der Waals surface area (Å²) in [6, 6.07) is 0. The molecule has 0 saturated carbocycles. The molecule has 0 spiro atoms. The van der Waals surface area contributed by atoms with Crippen molar-refractivity contribution in [3.05, 3.63) is 11.8 Å². The van der Waals surface area contributed by atoms with Crippen molar-refractivity contribution in [2.24, 2.45) is 0 Å². The molecule has 2 heterocycles. The molecule has 0 fully saturated rings. The van der Waals surface area contributed by atoms with E-state index >= 15 is 0 Å². The molecule has 1 aromatic rings. The van der Waals surface area contributed by atoms with E-state index in [4.69, 9.17) is 4.74 Å². The van der Waals surface area contributed by atoms with Crippen molar-refractivity contribution in [2.75, 3.05) is 13.7 Å². The van der Waals surface area contributed by atoms with Crippen molar-refractivity contribution < 1.29 is 14.3 Å². The topological polar surface area (TPSA) is 53.3 Å². The summed E-state index contributed by atoms with van der Waals surface area (Å²) in [6.07, 6.45) is 2.86. The molecule has 5 heteroatoms. The first-order valence-electron chi connectivity index (χ1n) is 4.55. The van der Waals surface area contributed by atoms with Gasteiger partial charge in [0.25, 0.3) is 0 Å². The first kappa shape index (κ1) is 9.05. The van der Waals surface area contributed by atoms with Gasteiger partial charge in [0, 0.05) is 18.5 Å². The second-order valence-electron chi connectivity index (χ2n) is 3.15. The number of nitrogens with zero attached hydrogens (tertiary/aromatic N) is 2. The van der Waals surface area contributed by atoms with E-state index in [1.54, 1.807) is 10.9 Å². The fourth-order valence-corrected chi connectivity index (χ4v) is 1.47. The Bertz CT molecular complexity index is 346. The van der Waals surface area contributed by atoms with Gasteiger partial charge in [0.15, 0.2) is 0 Å². The van der Waals surface area contributed by atoms with Gasteiger partial charge in [-0.3, -0.25) is 4.79 Å². The van der Waals surface area contributed by atoms with Crippen LogP contribution in [-0.4, -0.2) is 29.5 Å². The molecule has 1 aliphatic rings. The second-order valence-corrected chi connectivity index (χ2v) is 3.15. The number of hydrogen-bond donors (Lipinski definition) is 0. The Morgan fingerprint density at radius 2 is 2.64 bits per heavy atom. The van der Waals surface area contributed by atoms with Crippen LogP contribution in [0, 0.1) is 0 Å². The van der Waals surface area contributed by atoms with Crippen LogP contribution in [-0.2, 0) is 22.5 Å². The van der Waals surface area contributed by atoms with E-state index in [9.17, 15) is 4.79 Å². The maximum absolute atomic E-state index is 11.1. The summed E-state index contributed by atoms with van der Waals surface area (Å²) in [6.45, 7) is 1.55. The summed E-state index contributed by atoms with van der Waals surface area (Å²) in [5.41, 5.74) is 0.802. The quantitative estimate of drug-likeness (QED) is 0.642. The third-order valence-electron chi connectivity index (χ3n) is 2.18. The molecule has 5 nitrogen and oxygen atoms in total. The van der Waals surface area contributed by atoms with Crippen molar-refractivity contribution in [1.82, 2.24) is 9.78 Å². The zero-order valence-electron chi connectivity index (χ0n) is 8.02. The minimum atomic E-state index is -0.269. The Kier molecular flexibility index (Phi) is 2.39. The lowest BCUT2D eigenvalue weighted by Gasteiger charge is -2.15. The highest BCUT2D eigenvalue weighted by Gasteiger charge is 2.18. The number of aryl methyl sites for hydroxylation is 1. The molecule has 1 aromatic heterocycles. The third kappa shape index (κ3) is 1.57. The number of rotatable bonds is 2. The lowest BCUT2D eigenvalue weighted by Crippen LogP contribution is -2.16. The van der Waals surface area contributed by atoms with Crippen molar-refractivity contribution in [3.63, 3.8) is 0 Å². The van der Waals surface area contributed by atoms with E-state index in [1.165, 1.54) is 7.11 Å². The highest BCUT2D eigenvalue weighted by molar-refractivity contribution is 5.73. The maximum Gasteiger partial charge on any atom is 0.310 e. The standard InChI is InChI=1S/C9H12N2O3/c1-13-8(12)5-7-6-10-11-3-2-4-14-9(7)11/h6H,2-5H2,1H3. The van der Waals surface area contributed by atoms with Crippen LogP contribution >= 0.6 is 0 Å². The van der Waals surface area contributed by atoms with Crippen LogP contribution in [0.2, 0.25) is 0 Å². The maximum atomic E-state index is 11.1. The normalized spacial score (nSPS) is 14.4. The average molecular weight is 196 g/mol. The van der Waals surface area contributed by atoms with Gasteiger partial charge in [0.1, 0.15) is 0 Å². The van der Waals surface area contributed by atoms with E-state index in [-0.39, 0.29) is 12.4 Å². The van der Waals surface area contributed by atoms with Crippen molar-refractivity contribution in [2.45, 2.75) is 19.4 Å². The minimum absolute atomic E-state index is 0.228. The lowest BCUT2D eigenvalue weighted by atomic mass is 10.2. The fraction of sp³-hybridized carbons (Fsp3) is 0.556. The Balaban J connectivity index is 2.18. The molecule has 0 amide bonds. The predicted molar refractivity (Wildman–Crippen MR) is 48.1 cm³/mol. The molecule has 2 rings (SSSR count). The van der Waals surface area contributed by atoms with Gasteiger partial charge >= 0.3 is 5.97 Å². The van der Waals surface area contributed by atoms with Gasteiger partial charge in [0.05, 0.1) is 26.3 Å². The van der Waals surface area contributed by atoms with Gasteiger partial charge in [-0.05, 0) is 0 Å². The number of carbonyl (C=O) groups is 1. The molecular weight excluding hydrogens is 184 g/mol. The molecule has 0 unspecified atom stereocenters. The first-order valence-corrected chi connectivity index (χ1v) is 4.55. The summed E-state index contributed by atoms with van der Waals surface area (Å²) in [5.74, 6) is 0.441. The zero-order chi connectivity index (χ0) is 9.97. The Labute approximate surface area is 81.6 Å². The number of aromatic nitrogens is 2. The molecule has 0 aromatic carbocycles. The van der Waals surface area contributed by atoms with E-state index in [0.29, 0.717) is 12.5 Å². The van der Waals surface area contributed by atoms with Crippen LogP contribution < -0.4 is 4.74 Å². The number of carbonyl (C=O) groups excluding carboxylic acids is 1. The van der Waals surface area contributed by atoms with Gasteiger partial charge in [-0.15, -0.1) is 0 Å². The predicted octanol–water partition coefficient (Wildman–Crippen LogP) is 0.381. The highest BCUT2D eigenvalue weighted by Crippen LogP contribution is 2.22. The summed E-state index contributed by atoms with van der Waals surface area (Å²) >= 11 is 0. The van der Waals surface area contributed by atoms with E-state index in [0.717, 1.165) is 18.5 Å². The van der Waals surface area contributed by atoms with Crippen LogP contribution in [0.4, 0.5) is 0 Å². The van der Waals surface area contributed by atoms with Crippen LogP contribution in [0.5, 0.6) is 5.88 Å². The molecular formula is C9H12N2O3. The van der Waals surface area contributed by atoms with Crippen molar-refractivity contribution in [3.8, 4) is 5.88 Å². The highest BCUT2D eigenvalue weighted by atomic mass is 16.5. The van der Waals surface area contributed by atoms with Gasteiger partial charge < -0.3 is 9.47 Å². The molecule has 0 N–H and O–H groups in total. The molecule has 0 saturated heterocycles. The van der Waals surface area contributed by atoms with Gasteiger partial charge in [0.2, 0.25) is 5.88 Å². The second kappa shape index (κ2) is 3.69. The molecule has 14 heavy (non-hydrogen) atoms. The largest absolute Gasteiger partial charge is 0.478 e. The van der Waals surface area contributed by atoms with Crippen LogP contribution in [0.1, 0.15) is 12.0 Å². The van der Waals surface area contributed by atoms with Crippen molar-refractivity contribution >= 4 is 5.97 Å². The summed E-state index contributed by atoms with van der Waals surface area (Å²) in [7, 11) is 1.37. The van der Waals surface area contributed by atoms with Crippen LogP contribution in [0.15, 0.2) is 6.20 Å². The number of fused-ring (bicyclic) bond motifs is 1. The minimum Gasteiger partial charge on any atom is -0.478 e. The van der Waals surface area contributed by atoms with Gasteiger partial charge in [-0.2, -0.15) is 5.10 Å². The average Bonchev–Trinajstić information content (AvgIpc) is 2.62. The number of hydrogen-bond acceptors (Lipinski definition) is 4. The monoisotopic (exact) mass is 196 g/mol. The fourth-order valence-electron chi connectivity index (χ4n) is 1.47. The number of ether oxygens (including phenoxy) is 2. The summed E-state index contributed by atoms with van der Waals surface area (Å²) in [5, 5.41) is 4.13. The molecule has 0 bridgehead atoms. The molecule has 0 aliphatic carbocycles. The number of methoxy groups -OCH3 is 1. The van der Waals surface area contributed by atoms with Crippen LogP contribution in [0.3, 0.4) is 0 Å². The summed E-state index contributed by atoms with van der Waals surface area (Å²) < 4.78 is 11.8. The number of esters is 1. The van der Waals surface area contributed by atoms with E-state index in [1.807, 2.05) is 0 Å².